The van der Waals surface area contributed by atoms with Crippen LogP contribution >= 0.6 is 0 Å². The van der Waals surface area contributed by atoms with Gasteiger partial charge >= 0.3 is 5.97 Å². The Balaban J connectivity index is 2.38. The Hall–Kier alpha value is -3.33. The third-order valence-corrected chi connectivity index (χ3v) is 3.73. The van der Waals surface area contributed by atoms with E-state index in [-0.39, 0.29) is 36.5 Å². The number of carbonyl (C=O) groups excluding carboxylic acids is 2. The number of hydrogen-bond acceptors (Lipinski definition) is 7. The smallest absolute Gasteiger partial charge is 0.338 e. The lowest BCUT2D eigenvalue weighted by Crippen LogP contribution is -2.34. The summed E-state index contributed by atoms with van der Waals surface area (Å²) >= 11 is 0. The molecular formula is C18H19N3O6. The van der Waals surface area contributed by atoms with Crippen molar-refractivity contribution < 1.29 is 24.0 Å². The van der Waals surface area contributed by atoms with Gasteiger partial charge in [0.15, 0.2) is 0 Å². The van der Waals surface area contributed by atoms with Gasteiger partial charge in [-0.1, -0.05) is 6.07 Å². The summed E-state index contributed by atoms with van der Waals surface area (Å²) < 4.78 is 9.65. The molecule has 0 bridgehead atoms. The topological polar surface area (TPSA) is 112 Å². The first-order valence-corrected chi connectivity index (χ1v) is 8.02. The highest BCUT2D eigenvalue weighted by atomic mass is 16.6. The Morgan fingerprint density at radius 3 is 2.52 bits per heavy atom. The van der Waals surface area contributed by atoms with E-state index >= 15 is 0 Å². The van der Waals surface area contributed by atoms with E-state index in [1.165, 1.54) is 18.1 Å². The molecule has 0 aliphatic rings. The number of esters is 1. The van der Waals surface area contributed by atoms with Crippen LogP contribution in [-0.4, -0.2) is 54.1 Å². The second kappa shape index (κ2) is 9.39. The Morgan fingerprint density at radius 2 is 1.93 bits per heavy atom. The van der Waals surface area contributed by atoms with Crippen LogP contribution in [0.2, 0.25) is 0 Å². The van der Waals surface area contributed by atoms with E-state index in [1.807, 2.05) is 0 Å². The van der Waals surface area contributed by atoms with Crippen molar-refractivity contribution in [3.8, 4) is 0 Å². The first-order valence-electron chi connectivity index (χ1n) is 8.02. The molecule has 1 amide bonds. The minimum absolute atomic E-state index is 0.0108. The fourth-order valence-corrected chi connectivity index (χ4v) is 2.40. The normalized spacial score (nSPS) is 10.3. The molecule has 0 aliphatic carbocycles. The molecule has 0 radical (unpaired) electrons. The maximum Gasteiger partial charge on any atom is 0.338 e. The quantitative estimate of drug-likeness (QED) is 0.395. The molecule has 2 rings (SSSR count). The van der Waals surface area contributed by atoms with Crippen LogP contribution in [0.15, 0.2) is 42.6 Å². The van der Waals surface area contributed by atoms with Crippen molar-refractivity contribution in [2.24, 2.45) is 0 Å². The summed E-state index contributed by atoms with van der Waals surface area (Å²) in [6.07, 6.45) is 1.61. The molecule has 9 nitrogen and oxygen atoms in total. The highest BCUT2D eigenvalue weighted by molar-refractivity contribution is 5.99. The van der Waals surface area contributed by atoms with Gasteiger partial charge in [-0.25, -0.2) is 4.79 Å². The average Bonchev–Trinajstić information content (AvgIpc) is 2.70. The number of nitro benzene ring substituents is 1. The van der Waals surface area contributed by atoms with Crippen molar-refractivity contribution in [2.45, 2.75) is 6.54 Å². The number of rotatable bonds is 8. The Morgan fingerprint density at radius 1 is 1.19 bits per heavy atom. The van der Waals surface area contributed by atoms with Crippen molar-refractivity contribution in [1.29, 1.82) is 0 Å². The van der Waals surface area contributed by atoms with Gasteiger partial charge in [0.25, 0.3) is 11.6 Å². The molecule has 0 fully saturated rings. The van der Waals surface area contributed by atoms with Crippen LogP contribution in [0.3, 0.4) is 0 Å². The average molecular weight is 373 g/mol. The highest BCUT2D eigenvalue weighted by Crippen LogP contribution is 2.20. The number of benzene rings is 1. The Kier molecular flexibility index (Phi) is 6.95. The number of methoxy groups -OCH3 is 2. The number of hydrogen-bond donors (Lipinski definition) is 0. The molecule has 1 heterocycles. The molecule has 1 aromatic carbocycles. The molecule has 0 aliphatic heterocycles. The van der Waals surface area contributed by atoms with E-state index in [0.717, 1.165) is 19.2 Å². The molecule has 142 valence electrons. The molecule has 0 N–H and O–H groups in total. The third kappa shape index (κ3) is 5.32. The molecule has 0 saturated carbocycles. The van der Waals surface area contributed by atoms with Crippen molar-refractivity contribution in [3.63, 3.8) is 0 Å². The zero-order chi connectivity index (χ0) is 19.8. The molecule has 9 heteroatoms. The summed E-state index contributed by atoms with van der Waals surface area (Å²) in [7, 11) is 2.67. The summed E-state index contributed by atoms with van der Waals surface area (Å²) in [5.41, 5.74) is 0.225. The van der Waals surface area contributed by atoms with Crippen molar-refractivity contribution in [2.75, 3.05) is 27.4 Å². The first-order chi connectivity index (χ1) is 13.0. The predicted molar refractivity (Wildman–Crippen MR) is 95.3 cm³/mol. The fraction of sp³-hybridized carbons (Fsp3) is 0.278. The van der Waals surface area contributed by atoms with Crippen LogP contribution in [0, 0.1) is 10.1 Å². The van der Waals surface area contributed by atoms with Crippen molar-refractivity contribution >= 4 is 17.6 Å². The van der Waals surface area contributed by atoms with E-state index in [4.69, 9.17) is 4.74 Å². The van der Waals surface area contributed by atoms with Crippen LogP contribution in [-0.2, 0) is 16.0 Å². The maximum atomic E-state index is 13.0. The van der Waals surface area contributed by atoms with E-state index in [1.54, 1.807) is 24.4 Å². The van der Waals surface area contributed by atoms with Gasteiger partial charge in [-0.15, -0.1) is 0 Å². The zero-order valence-electron chi connectivity index (χ0n) is 15.0. The summed E-state index contributed by atoms with van der Waals surface area (Å²) in [5, 5.41) is 11.2. The van der Waals surface area contributed by atoms with E-state index in [0.29, 0.717) is 5.69 Å². The Bertz CT molecular complexity index is 825. The number of nitro groups is 1. The molecule has 0 spiro atoms. The predicted octanol–water partition coefficient (Wildman–Crippen LogP) is 2.07. The van der Waals surface area contributed by atoms with Gasteiger partial charge in [-0.2, -0.15) is 0 Å². The van der Waals surface area contributed by atoms with Gasteiger partial charge in [0.1, 0.15) is 0 Å². The lowest BCUT2D eigenvalue weighted by Gasteiger charge is -2.22. The fourth-order valence-electron chi connectivity index (χ4n) is 2.40. The molecule has 0 unspecified atom stereocenters. The van der Waals surface area contributed by atoms with E-state index in [9.17, 15) is 19.7 Å². The zero-order valence-corrected chi connectivity index (χ0v) is 15.0. The minimum Gasteiger partial charge on any atom is -0.465 e. The Labute approximate surface area is 155 Å². The lowest BCUT2D eigenvalue weighted by molar-refractivity contribution is -0.384. The summed E-state index contributed by atoms with van der Waals surface area (Å²) in [6, 6.07) is 8.80. The maximum absolute atomic E-state index is 13.0. The minimum atomic E-state index is -0.763. The molecule has 0 atom stereocenters. The van der Waals surface area contributed by atoms with Crippen LogP contribution in [0.4, 0.5) is 5.69 Å². The highest BCUT2D eigenvalue weighted by Gasteiger charge is 2.22. The van der Waals surface area contributed by atoms with Crippen molar-refractivity contribution in [3.05, 3.63) is 69.5 Å². The molecule has 0 saturated heterocycles. The first kappa shape index (κ1) is 20.0. The number of amides is 1. The van der Waals surface area contributed by atoms with Gasteiger partial charge in [0.2, 0.25) is 0 Å². The van der Waals surface area contributed by atoms with Crippen molar-refractivity contribution in [1.82, 2.24) is 9.88 Å². The monoisotopic (exact) mass is 373 g/mol. The van der Waals surface area contributed by atoms with E-state index < -0.39 is 16.8 Å². The molecule has 2 aromatic rings. The van der Waals surface area contributed by atoms with Gasteiger partial charge < -0.3 is 14.4 Å². The second-order valence-corrected chi connectivity index (χ2v) is 5.56. The van der Waals surface area contributed by atoms with Gasteiger partial charge in [-0.05, 0) is 18.2 Å². The standard InChI is InChI=1S/C18H19N3O6/c1-26-8-7-20(12-15-5-3-4-6-19-15)17(22)13-9-14(18(23)27-2)11-16(10-13)21(24)25/h3-6,9-11H,7-8,12H2,1-2H3. The van der Waals surface area contributed by atoms with E-state index in [2.05, 4.69) is 9.72 Å². The van der Waals surface area contributed by atoms with Crippen LogP contribution < -0.4 is 0 Å². The summed E-state index contributed by atoms with van der Waals surface area (Å²) in [6.45, 7) is 0.721. The number of pyridine rings is 1. The van der Waals surface area contributed by atoms with Gasteiger partial charge in [0.05, 0.1) is 36.4 Å². The summed E-state index contributed by atoms with van der Waals surface area (Å²) in [4.78, 5) is 40.9. The number of nitrogens with zero attached hydrogens (tertiary/aromatic N) is 3. The molecule has 1 aromatic heterocycles. The van der Waals surface area contributed by atoms with Crippen LogP contribution in [0.25, 0.3) is 0 Å². The SMILES string of the molecule is COCCN(Cc1ccccn1)C(=O)c1cc(C(=O)OC)cc([N+](=O)[O-])c1. The largest absolute Gasteiger partial charge is 0.465 e. The number of carbonyl (C=O) groups is 2. The second-order valence-electron chi connectivity index (χ2n) is 5.56. The molecule has 27 heavy (non-hydrogen) atoms. The number of non-ortho nitro benzene ring substituents is 1. The van der Waals surface area contributed by atoms with Gasteiger partial charge in [-0.3, -0.25) is 19.9 Å². The van der Waals surface area contributed by atoms with Crippen LogP contribution in [0.5, 0.6) is 0 Å². The molecular weight excluding hydrogens is 354 g/mol. The third-order valence-electron chi connectivity index (χ3n) is 3.73. The summed E-state index contributed by atoms with van der Waals surface area (Å²) in [5.74, 6) is -1.24. The number of aromatic nitrogens is 1. The van der Waals surface area contributed by atoms with Gasteiger partial charge in [0, 0.05) is 37.5 Å². The van der Waals surface area contributed by atoms with Crippen LogP contribution in [0.1, 0.15) is 26.4 Å². The lowest BCUT2D eigenvalue weighted by atomic mass is 10.1. The number of ether oxygens (including phenoxy) is 2.